The molecule has 0 aliphatic heterocycles. The van der Waals surface area contributed by atoms with Gasteiger partial charge in [0.05, 0.1) is 17.8 Å². The van der Waals surface area contributed by atoms with Gasteiger partial charge in [-0.2, -0.15) is 0 Å². The molecular formula is C14H15FN2OS. The van der Waals surface area contributed by atoms with Crippen molar-refractivity contribution in [3.8, 4) is 0 Å². The van der Waals surface area contributed by atoms with Gasteiger partial charge in [0.25, 0.3) is 0 Å². The van der Waals surface area contributed by atoms with Crippen molar-refractivity contribution < 1.29 is 9.18 Å². The summed E-state index contributed by atoms with van der Waals surface area (Å²) in [6.45, 7) is 3.87. The first-order chi connectivity index (χ1) is 8.99. The van der Waals surface area contributed by atoms with Crippen LogP contribution in [0.25, 0.3) is 0 Å². The van der Waals surface area contributed by atoms with Gasteiger partial charge in [0, 0.05) is 18.1 Å². The number of ketones is 1. The maximum atomic E-state index is 13.7. The van der Waals surface area contributed by atoms with Gasteiger partial charge >= 0.3 is 0 Å². The van der Waals surface area contributed by atoms with Crippen LogP contribution in [0.5, 0.6) is 0 Å². The fraction of sp³-hybridized carbons (Fsp3) is 0.286. The van der Waals surface area contributed by atoms with Gasteiger partial charge in [-0.05, 0) is 26.0 Å². The highest BCUT2D eigenvalue weighted by Gasteiger charge is 2.16. The fourth-order valence-corrected chi connectivity index (χ4v) is 2.77. The Kier molecular flexibility index (Phi) is 3.95. The number of hydrogen-bond acceptors (Lipinski definition) is 4. The topological polar surface area (TPSA) is 33.2 Å². The van der Waals surface area contributed by atoms with Crippen LogP contribution in [-0.2, 0) is 6.54 Å². The number of thiazole rings is 1. The van der Waals surface area contributed by atoms with E-state index < -0.39 is 5.82 Å². The average Bonchev–Trinajstić information content (AvgIpc) is 2.73. The third-order valence-electron chi connectivity index (χ3n) is 2.79. The normalized spacial score (nSPS) is 10.5. The summed E-state index contributed by atoms with van der Waals surface area (Å²) in [6.07, 6.45) is 0. The standard InChI is InChI=1S/C14H15FN2OS/c1-9-8-19-13(16-9)7-17(3)12-6-4-5-11(15)14(12)10(2)18/h4-6,8H,7H2,1-3H3. The third kappa shape index (κ3) is 2.98. The second-order valence-electron chi connectivity index (χ2n) is 4.43. The van der Waals surface area contributed by atoms with Crippen LogP contribution in [0.4, 0.5) is 10.1 Å². The van der Waals surface area contributed by atoms with Crippen molar-refractivity contribution in [1.29, 1.82) is 0 Å². The van der Waals surface area contributed by atoms with E-state index in [0.29, 0.717) is 12.2 Å². The van der Waals surface area contributed by atoms with Crippen LogP contribution in [0, 0.1) is 12.7 Å². The van der Waals surface area contributed by atoms with Crippen LogP contribution in [0.1, 0.15) is 28.0 Å². The molecule has 1 aromatic carbocycles. The first-order valence-electron chi connectivity index (χ1n) is 5.90. The summed E-state index contributed by atoms with van der Waals surface area (Å²) >= 11 is 1.56. The summed E-state index contributed by atoms with van der Waals surface area (Å²) in [5.41, 5.74) is 1.71. The van der Waals surface area contributed by atoms with Crippen molar-refractivity contribution >= 4 is 22.8 Å². The van der Waals surface area contributed by atoms with Crippen LogP contribution in [0.3, 0.4) is 0 Å². The van der Waals surface area contributed by atoms with E-state index in [0.717, 1.165) is 10.7 Å². The Hall–Kier alpha value is -1.75. The first-order valence-corrected chi connectivity index (χ1v) is 6.78. The number of anilines is 1. The Balaban J connectivity index is 2.31. The Bertz CT molecular complexity index is 609. The Morgan fingerprint density at radius 3 is 2.79 bits per heavy atom. The molecule has 100 valence electrons. The Labute approximate surface area is 115 Å². The number of hydrogen-bond donors (Lipinski definition) is 0. The molecule has 5 heteroatoms. The monoisotopic (exact) mass is 278 g/mol. The molecule has 2 rings (SSSR count). The lowest BCUT2D eigenvalue weighted by Gasteiger charge is -2.20. The number of aryl methyl sites for hydroxylation is 1. The Morgan fingerprint density at radius 2 is 2.21 bits per heavy atom. The van der Waals surface area contributed by atoms with Crippen molar-refractivity contribution in [3.63, 3.8) is 0 Å². The highest BCUT2D eigenvalue weighted by Crippen LogP contribution is 2.24. The molecule has 0 radical (unpaired) electrons. The molecule has 0 aliphatic rings. The van der Waals surface area contributed by atoms with E-state index in [-0.39, 0.29) is 11.3 Å². The van der Waals surface area contributed by atoms with E-state index in [4.69, 9.17) is 0 Å². The Morgan fingerprint density at radius 1 is 1.47 bits per heavy atom. The molecule has 0 atom stereocenters. The number of benzene rings is 1. The quantitative estimate of drug-likeness (QED) is 0.803. The van der Waals surface area contributed by atoms with Crippen molar-refractivity contribution in [2.75, 3.05) is 11.9 Å². The van der Waals surface area contributed by atoms with Crippen LogP contribution in [-0.4, -0.2) is 17.8 Å². The molecule has 0 amide bonds. The number of Topliss-reactive ketones (excluding diaryl/α,β-unsaturated/α-hetero) is 1. The molecule has 3 nitrogen and oxygen atoms in total. The maximum Gasteiger partial charge on any atom is 0.164 e. The van der Waals surface area contributed by atoms with Gasteiger partial charge in [0.15, 0.2) is 5.78 Å². The van der Waals surface area contributed by atoms with Crippen molar-refractivity contribution in [1.82, 2.24) is 4.98 Å². The van der Waals surface area contributed by atoms with Gasteiger partial charge in [0.1, 0.15) is 10.8 Å². The van der Waals surface area contributed by atoms with E-state index in [1.54, 1.807) is 23.5 Å². The van der Waals surface area contributed by atoms with Gasteiger partial charge in [-0.1, -0.05) is 6.07 Å². The van der Waals surface area contributed by atoms with Crippen LogP contribution in [0.2, 0.25) is 0 Å². The van der Waals surface area contributed by atoms with E-state index >= 15 is 0 Å². The van der Waals surface area contributed by atoms with Crippen molar-refractivity contribution in [2.45, 2.75) is 20.4 Å². The number of nitrogens with zero attached hydrogens (tertiary/aromatic N) is 2. The fourth-order valence-electron chi connectivity index (χ4n) is 1.94. The number of carbonyl (C=O) groups excluding carboxylic acids is 1. The van der Waals surface area contributed by atoms with Crippen LogP contribution >= 0.6 is 11.3 Å². The maximum absolute atomic E-state index is 13.7. The highest BCUT2D eigenvalue weighted by molar-refractivity contribution is 7.09. The van der Waals surface area contributed by atoms with E-state index in [1.165, 1.54) is 13.0 Å². The lowest BCUT2D eigenvalue weighted by atomic mass is 10.1. The molecule has 0 spiro atoms. The number of carbonyl (C=O) groups is 1. The van der Waals surface area contributed by atoms with Gasteiger partial charge in [-0.15, -0.1) is 11.3 Å². The number of halogens is 1. The summed E-state index contributed by atoms with van der Waals surface area (Å²) in [4.78, 5) is 17.8. The zero-order valence-electron chi connectivity index (χ0n) is 11.1. The second-order valence-corrected chi connectivity index (χ2v) is 5.37. The zero-order chi connectivity index (χ0) is 14.0. The minimum absolute atomic E-state index is 0.137. The molecule has 0 N–H and O–H groups in total. The second kappa shape index (κ2) is 5.48. The third-order valence-corrected chi connectivity index (χ3v) is 3.75. The summed E-state index contributed by atoms with van der Waals surface area (Å²) < 4.78 is 13.7. The highest BCUT2D eigenvalue weighted by atomic mass is 32.1. The van der Waals surface area contributed by atoms with E-state index in [9.17, 15) is 9.18 Å². The molecule has 0 aliphatic carbocycles. The van der Waals surface area contributed by atoms with Crippen molar-refractivity contribution in [3.05, 3.63) is 45.7 Å². The molecule has 2 aromatic rings. The van der Waals surface area contributed by atoms with Gasteiger partial charge in [-0.3, -0.25) is 4.79 Å². The molecule has 0 saturated heterocycles. The summed E-state index contributed by atoms with van der Waals surface area (Å²) in [6, 6.07) is 4.67. The van der Waals surface area contributed by atoms with E-state index in [1.807, 2.05) is 24.3 Å². The predicted octanol–water partition coefficient (Wildman–Crippen LogP) is 3.43. The summed E-state index contributed by atoms with van der Waals surface area (Å²) in [7, 11) is 1.83. The smallest absolute Gasteiger partial charge is 0.164 e. The minimum atomic E-state index is -0.479. The summed E-state index contributed by atoms with van der Waals surface area (Å²) in [5, 5.41) is 2.92. The molecular weight excluding hydrogens is 263 g/mol. The van der Waals surface area contributed by atoms with Crippen LogP contribution < -0.4 is 4.90 Å². The van der Waals surface area contributed by atoms with Gasteiger partial charge in [0.2, 0.25) is 0 Å². The SMILES string of the molecule is CC(=O)c1c(F)cccc1N(C)Cc1nc(C)cs1. The molecule has 1 aromatic heterocycles. The summed E-state index contributed by atoms with van der Waals surface area (Å²) in [5.74, 6) is -0.748. The lowest BCUT2D eigenvalue weighted by molar-refractivity contribution is 0.101. The molecule has 19 heavy (non-hydrogen) atoms. The predicted molar refractivity (Wildman–Crippen MR) is 75.4 cm³/mol. The lowest BCUT2D eigenvalue weighted by Crippen LogP contribution is -2.19. The molecule has 0 bridgehead atoms. The van der Waals surface area contributed by atoms with Gasteiger partial charge in [-0.25, -0.2) is 9.37 Å². The largest absolute Gasteiger partial charge is 0.367 e. The number of aromatic nitrogens is 1. The molecule has 1 heterocycles. The minimum Gasteiger partial charge on any atom is -0.367 e. The van der Waals surface area contributed by atoms with Gasteiger partial charge < -0.3 is 4.90 Å². The van der Waals surface area contributed by atoms with E-state index in [2.05, 4.69) is 4.98 Å². The average molecular weight is 278 g/mol. The number of rotatable bonds is 4. The molecule has 0 fully saturated rings. The van der Waals surface area contributed by atoms with Crippen molar-refractivity contribution in [2.24, 2.45) is 0 Å². The van der Waals surface area contributed by atoms with Crippen LogP contribution in [0.15, 0.2) is 23.6 Å². The molecule has 0 unspecified atom stereocenters. The first kappa shape index (κ1) is 13.7. The molecule has 0 saturated carbocycles. The zero-order valence-corrected chi connectivity index (χ0v) is 11.9.